The van der Waals surface area contributed by atoms with Crippen molar-refractivity contribution in [3.8, 4) is 5.75 Å². The lowest BCUT2D eigenvalue weighted by Gasteiger charge is -2.49. The summed E-state index contributed by atoms with van der Waals surface area (Å²) in [7, 11) is 0. The molecule has 0 aromatic heterocycles. The zero-order valence-corrected chi connectivity index (χ0v) is 24.1. The molecule has 15 unspecified atom stereocenters. The largest absolute Gasteiger partial charge is 0.463 e. The molecule has 1 aromatic rings. The average molecular weight is 651 g/mol. The number of non-ortho nitro benzene ring substituents is 1. The molecule has 1 aromatic carbocycles. The highest BCUT2D eigenvalue weighted by molar-refractivity contribution is 5.73. The molecule has 4 rings (SSSR count). The van der Waals surface area contributed by atoms with Gasteiger partial charge < -0.3 is 74.6 Å². The van der Waals surface area contributed by atoms with Gasteiger partial charge in [0, 0.05) is 19.1 Å². The summed E-state index contributed by atoms with van der Waals surface area (Å²) in [6.45, 7) is 0.923. The number of ether oxygens (including phenoxy) is 6. The third-order valence-electron chi connectivity index (χ3n) is 7.74. The van der Waals surface area contributed by atoms with Crippen LogP contribution in [0.4, 0.5) is 5.69 Å². The Kier molecular flexibility index (Phi) is 11.6. The number of carbonyl (C=O) groups excluding carboxylic acids is 1. The lowest BCUT2D eigenvalue weighted by atomic mass is 9.95. The Labute approximate surface area is 255 Å². The number of aliphatic hydroxyl groups excluding tert-OH is 8. The number of nitro benzene ring substituents is 1. The SMILES string of the molecule is CC(=O)NC1C(Oc2ccc([N+](=O)[O-])cc2)OC(CO)C(OC2OC(CO)C(O)C(O)C2OC2OC(C)C(O)C(O)C2O)C1O. The molecule has 45 heavy (non-hydrogen) atoms. The standard InChI is InChI=1S/C26H38N2O17/c1-9-16(32)19(35)21(37)25(40-9)45-23-20(36)17(33)13(7-29)42-26(23)44-22-14(8-30)43-24(15(18(22)34)27-10(2)31)41-12-5-3-11(4-6-12)28(38)39/h3-6,9,13-26,29-30,32-37H,7-8H2,1-2H3,(H,27,31). The molecule has 254 valence electrons. The molecule has 0 radical (unpaired) electrons. The second-order valence-electron chi connectivity index (χ2n) is 10.9. The van der Waals surface area contributed by atoms with Crippen LogP contribution >= 0.6 is 0 Å². The Morgan fingerprint density at radius 3 is 1.98 bits per heavy atom. The van der Waals surface area contributed by atoms with Gasteiger partial charge in [0.05, 0.1) is 24.2 Å². The van der Waals surface area contributed by atoms with Crippen molar-refractivity contribution < 1.29 is 79.0 Å². The number of nitrogens with zero attached hydrogens (tertiary/aromatic N) is 1. The van der Waals surface area contributed by atoms with E-state index in [0.717, 1.165) is 19.1 Å². The van der Waals surface area contributed by atoms with Crippen molar-refractivity contribution in [3.63, 3.8) is 0 Å². The van der Waals surface area contributed by atoms with Crippen LogP contribution in [0, 0.1) is 10.1 Å². The minimum absolute atomic E-state index is 0.0590. The molecule has 0 saturated carbocycles. The van der Waals surface area contributed by atoms with Gasteiger partial charge in [-0.1, -0.05) is 0 Å². The lowest BCUT2D eigenvalue weighted by Crippen LogP contribution is -2.69. The fourth-order valence-corrected chi connectivity index (χ4v) is 5.25. The summed E-state index contributed by atoms with van der Waals surface area (Å²) < 4.78 is 34.2. The summed E-state index contributed by atoms with van der Waals surface area (Å²) in [5.41, 5.74) is -0.226. The van der Waals surface area contributed by atoms with E-state index in [0.29, 0.717) is 0 Å². The van der Waals surface area contributed by atoms with Crippen LogP contribution in [0.25, 0.3) is 0 Å². The first-order chi connectivity index (χ1) is 21.3. The van der Waals surface area contributed by atoms with E-state index in [1.807, 2.05) is 0 Å². The van der Waals surface area contributed by atoms with Crippen molar-refractivity contribution in [1.82, 2.24) is 5.32 Å². The highest BCUT2D eigenvalue weighted by Crippen LogP contribution is 2.33. The molecule has 15 atom stereocenters. The van der Waals surface area contributed by atoms with E-state index in [1.165, 1.54) is 19.1 Å². The Balaban J connectivity index is 1.58. The van der Waals surface area contributed by atoms with Crippen LogP contribution in [0.15, 0.2) is 24.3 Å². The number of hydrogen-bond donors (Lipinski definition) is 9. The van der Waals surface area contributed by atoms with Crippen molar-refractivity contribution in [2.45, 2.75) is 106 Å². The normalized spacial score (nSPS) is 42.1. The summed E-state index contributed by atoms with van der Waals surface area (Å²) >= 11 is 0. The van der Waals surface area contributed by atoms with E-state index < -0.39 is 116 Å². The van der Waals surface area contributed by atoms with Gasteiger partial charge in [-0.25, -0.2) is 0 Å². The second kappa shape index (κ2) is 14.9. The predicted octanol–water partition coefficient (Wildman–Crippen LogP) is -4.41. The first-order valence-corrected chi connectivity index (χ1v) is 14.0. The fourth-order valence-electron chi connectivity index (χ4n) is 5.25. The smallest absolute Gasteiger partial charge is 0.269 e. The quantitative estimate of drug-likeness (QED) is 0.0853. The summed E-state index contributed by atoms with van der Waals surface area (Å²) in [4.78, 5) is 22.4. The first kappa shape index (κ1) is 35.2. The summed E-state index contributed by atoms with van der Waals surface area (Å²) in [6.07, 6.45) is -22.4. The first-order valence-electron chi connectivity index (χ1n) is 14.0. The lowest BCUT2D eigenvalue weighted by molar-refractivity contribution is -0.385. The fraction of sp³-hybridized carbons (Fsp3) is 0.731. The molecule has 1 amide bonds. The molecule has 0 spiro atoms. The Bertz CT molecular complexity index is 1140. The summed E-state index contributed by atoms with van der Waals surface area (Å²) in [6, 6.07) is 3.45. The van der Waals surface area contributed by atoms with E-state index in [2.05, 4.69) is 5.32 Å². The minimum atomic E-state index is -1.87. The van der Waals surface area contributed by atoms with Gasteiger partial charge in [-0.15, -0.1) is 0 Å². The maximum absolute atomic E-state index is 12.1. The van der Waals surface area contributed by atoms with E-state index in [9.17, 15) is 55.8 Å². The van der Waals surface area contributed by atoms with Crippen LogP contribution in [-0.4, -0.2) is 157 Å². The average Bonchev–Trinajstić information content (AvgIpc) is 3.01. The number of nitrogens with one attached hydrogen (secondary N) is 1. The Morgan fingerprint density at radius 1 is 0.800 bits per heavy atom. The minimum Gasteiger partial charge on any atom is -0.463 e. The van der Waals surface area contributed by atoms with E-state index in [-0.39, 0.29) is 11.4 Å². The topological polar surface area (TPSA) is 289 Å². The Hall–Kier alpha value is -2.63. The highest BCUT2D eigenvalue weighted by atomic mass is 16.8. The van der Waals surface area contributed by atoms with Gasteiger partial charge in [0.15, 0.2) is 12.6 Å². The molecule has 3 aliphatic rings. The van der Waals surface area contributed by atoms with Crippen LogP contribution < -0.4 is 10.1 Å². The van der Waals surface area contributed by atoms with Crippen molar-refractivity contribution in [2.75, 3.05) is 13.2 Å². The number of hydrogen-bond acceptors (Lipinski definition) is 17. The summed E-state index contributed by atoms with van der Waals surface area (Å²) in [5.74, 6) is -0.572. The van der Waals surface area contributed by atoms with E-state index in [4.69, 9.17) is 28.4 Å². The van der Waals surface area contributed by atoms with Gasteiger partial charge >= 0.3 is 0 Å². The van der Waals surface area contributed by atoms with Gasteiger partial charge in [0.25, 0.3) is 5.69 Å². The molecule has 3 heterocycles. The predicted molar refractivity (Wildman–Crippen MR) is 143 cm³/mol. The molecule has 9 N–H and O–H groups in total. The zero-order chi connectivity index (χ0) is 33.2. The maximum atomic E-state index is 12.1. The van der Waals surface area contributed by atoms with Crippen LogP contribution in [0.5, 0.6) is 5.75 Å². The summed E-state index contributed by atoms with van der Waals surface area (Å²) in [5, 5.41) is 96.8. The molecule has 19 heteroatoms. The van der Waals surface area contributed by atoms with Crippen LogP contribution in [0.2, 0.25) is 0 Å². The van der Waals surface area contributed by atoms with Gasteiger partial charge in [-0.05, 0) is 19.1 Å². The van der Waals surface area contributed by atoms with E-state index in [1.54, 1.807) is 0 Å². The molecule has 3 fully saturated rings. The zero-order valence-electron chi connectivity index (χ0n) is 24.1. The molecule has 0 bridgehead atoms. The van der Waals surface area contributed by atoms with E-state index >= 15 is 0 Å². The third kappa shape index (κ3) is 7.68. The second-order valence-corrected chi connectivity index (χ2v) is 10.9. The molecule has 19 nitrogen and oxygen atoms in total. The number of nitro groups is 1. The maximum Gasteiger partial charge on any atom is 0.269 e. The van der Waals surface area contributed by atoms with Gasteiger partial charge in [-0.2, -0.15) is 0 Å². The molecule has 0 aliphatic carbocycles. The van der Waals surface area contributed by atoms with Gasteiger partial charge in [-0.3, -0.25) is 14.9 Å². The highest BCUT2D eigenvalue weighted by Gasteiger charge is 2.54. The molecule has 3 aliphatic heterocycles. The number of benzene rings is 1. The third-order valence-corrected chi connectivity index (χ3v) is 7.74. The van der Waals surface area contributed by atoms with Crippen LogP contribution in [-0.2, 0) is 28.5 Å². The Morgan fingerprint density at radius 2 is 1.40 bits per heavy atom. The number of carbonyl (C=O) groups is 1. The van der Waals surface area contributed by atoms with Crippen LogP contribution in [0.3, 0.4) is 0 Å². The van der Waals surface area contributed by atoms with Crippen molar-refractivity contribution in [2.24, 2.45) is 0 Å². The molecular weight excluding hydrogens is 612 g/mol. The number of aliphatic hydroxyl groups is 8. The van der Waals surface area contributed by atoms with Gasteiger partial charge in [0.1, 0.15) is 72.8 Å². The van der Waals surface area contributed by atoms with Crippen molar-refractivity contribution in [3.05, 3.63) is 34.4 Å². The number of amides is 1. The number of rotatable bonds is 10. The van der Waals surface area contributed by atoms with Crippen molar-refractivity contribution in [1.29, 1.82) is 0 Å². The van der Waals surface area contributed by atoms with Gasteiger partial charge in [0.2, 0.25) is 12.2 Å². The molecule has 3 saturated heterocycles. The monoisotopic (exact) mass is 650 g/mol. The molecular formula is C26H38N2O17. The van der Waals surface area contributed by atoms with Crippen LogP contribution in [0.1, 0.15) is 13.8 Å². The van der Waals surface area contributed by atoms with Crippen molar-refractivity contribution >= 4 is 11.6 Å².